The number of carbonyl (C=O) groups is 1. The van der Waals surface area contributed by atoms with Crippen LogP contribution in [0.3, 0.4) is 0 Å². The number of nitrogens with one attached hydrogen (secondary N) is 1. The van der Waals surface area contributed by atoms with E-state index in [-0.39, 0.29) is 33.2 Å². The van der Waals surface area contributed by atoms with Gasteiger partial charge in [-0.3, -0.25) is 0 Å². The van der Waals surface area contributed by atoms with Crippen molar-refractivity contribution in [3.63, 3.8) is 0 Å². The van der Waals surface area contributed by atoms with Crippen molar-refractivity contribution in [2.24, 2.45) is 0 Å². The van der Waals surface area contributed by atoms with Crippen LogP contribution in [-0.2, 0) is 14.8 Å². The Balaban J connectivity index is 1.48. The lowest BCUT2D eigenvalue weighted by molar-refractivity contribution is 0.0293. The summed E-state index contributed by atoms with van der Waals surface area (Å²) in [7, 11) is -4.03. The van der Waals surface area contributed by atoms with Gasteiger partial charge in [-0.05, 0) is 52.3 Å². The minimum absolute atomic E-state index is 0.0710. The fraction of sp³-hybridized carbons (Fsp3) is 0.333. The van der Waals surface area contributed by atoms with Gasteiger partial charge in [0.25, 0.3) is 10.0 Å². The number of aromatic nitrogens is 4. The quantitative estimate of drug-likeness (QED) is 0.337. The minimum Gasteiger partial charge on any atom is -0.444 e. The molecule has 0 spiro atoms. The summed E-state index contributed by atoms with van der Waals surface area (Å²) in [6.45, 7) is 7.99. The van der Waals surface area contributed by atoms with Gasteiger partial charge in [0.15, 0.2) is 23.1 Å². The molecular formula is C27H28ClFN6O4S. The number of ether oxygens (including phenoxy) is 1. The molecule has 0 aliphatic carbocycles. The topological polar surface area (TPSA) is 119 Å². The third-order valence-corrected chi connectivity index (χ3v) is 8.19. The number of hydrogen-bond acceptors (Lipinski definition) is 8. The van der Waals surface area contributed by atoms with Gasteiger partial charge in [0, 0.05) is 42.5 Å². The molecule has 1 aliphatic rings. The molecule has 13 heteroatoms. The SMILES string of the molecule is Cc1ccc(S(=O)(=O)n2cc(-c3ncc(F)c(NC4CCN(C(=O)OC(C)(C)C)C4)n3)c3cc(Cl)cnc32)cc1. The summed E-state index contributed by atoms with van der Waals surface area (Å²) in [6.07, 6.45) is 3.85. The van der Waals surface area contributed by atoms with Crippen LogP contribution in [0.1, 0.15) is 32.8 Å². The van der Waals surface area contributed by atoms with E-state index < -0.39 is 27.5 Å². The summed E-state index contributed by atoms with van der Waals surface area (Å²) in [5.41, 5.74) is 0.731. The van der Waals surface area contributed by atoms with Crippen LogP contribution >= 0.6 is 11.6 Å². The van der Waals surface area contributed by atoms with Crippen molar-refractivity contribution < 1.29 is 22.3 Å². The molecule has 10 nitrogen and oxygen atoms in total. The van der Waals surface area contributed by atoms with Crippen LogP contribution in [0.5, 0.6) is 0 Å². The highest BCUT2D eigenvalue weighted by atomic mass is 35.5. The van der Waals surface area contributed by atoms with Crippen molar-refractivity contribution >= 4 is 44.6 Å². The maximum absolute atomic E-state index is 14.8. The maximum atomic E-state index is 14.8. The number of likely N-dealkylation sites (tertiary alicyclic amines) is 1. The second-order valence-corrected chi connectivity index (χ2v) is 12.9. The molecule has 1 amide bonds. The van der Waals surface area contributed by atoms with Gasteiger partial charge in [-0.1, -0.05) is 29.3 Å². The second kappa shape index (κ2) is 10.3. The second-order valence-electron chi connectivity index (χ2n) is 10.6. The standard InChI is InChI=1S/C27H28ClFN6O4S/c1-16-5-7-19(8-6-16)40(37,38)35-15-21(20-11-17(28)12-31-25(20)35)23-30-13-22(29)24(33-23)32-18-9-10-34(14-18)26(36)39-27(2,3)4/h5-8,11-13,15,18H,9-10,14H2,1-4H3,(H,30,32,33). The first-order valence-electron chi connectivity index (χ1n) is 12.6. The number of hydrogen-bond donors (Lipinski definition) is 1. The molecule has 4 heterocycles. The third-order valence-electron chi connectivity index (χ3n) is 6.32. The minimum atomic E-state index is -4.03. The van der Waals surface area contributed by atoms with Gasteiger partial charge in [-0.25, -0.2) is 36.5 Å². The van der Waals surface area contributed by atoms with Crippen LogP contribution in [-0.4, -0.2) is 63.1 Å². The number of rotatable bonds is 5. The zero-order chi connectivity index (χ0) is 28.8. The lowest BCUT2D eigenvalue weighted by Crippen LogP contribution is -2.36. The Morgan fingerprint density at radius 1 is 1.18 bits per heavy atom. The number of aryl methyl sites for hydroxylation is 1. The molecule has 1 N–H and O–H groups in total. The normalized spacial score (nSPS) is 15.9. The number of halogens is 2. The van der Waals surface area contributed by atoms with Crippen molar-refractivity contribution in [1.82, 2.24) is 23.8 Å². The fourth-order valence-corrected chi connectivity index (χ4v) is 5.88. The average molecular weight is 587 g/mol. The van der Waals surface area contributed by atoms with Crippen molar-refractivity contribution in [2.45, 2.75) is 50.7 Å². The van der Waals surface area contributed by atoms with Gasteiger partial charge < -0.3 is 15.0 Å². The summed E-state index contributed by atoms with van der Waals surface area (Å²) in [5, 5.41) is 3.72. The first-order chi connectivity index (χ1) is 18.8. The van der Waals surface area contributed by atoms with Crippen molar-refractivity contribution in [3.8, 4) is 11.4 Å². The zero-order valence-electron chi connectivity index (χ0n) is 22.4. The molecule has 0 saturated carbocycles. The highest BCUT2D eigenvalue weighted by Crippen LogP contribution is 2.33. The van der Waals surface area contributed by atoms with Crippen LogP contribution < -0.4 is 5.32 Å². The lowest BCUT2D eigenvalue weighted by atomic mass is 10.2. The summed E-state index contributed by atoms with van der Waals surface area (Å²) in [4.78, 5) is 26.9. The van der Waals surface area contributed by atoms with Crippen LogP contribution in [0.25, 0.3) is 22.4 Å². The Labute approximate surface area is 236 Å². The molecule has 0 bridgehead atoms. The number of anilines is 1. The molecule has 1 atom stereocenters. The molecular weight excluding hydrogens is 559 g/mol. The third kappa shape index (κ3) is 5.59. The molecule has 3 aromatic heterocycles. The number of benzene rings is 1. The number of carbonyl (C=O) groups excluding carboxylic acids is 1. The van der Waals surface area contributed by atoms with Crippen LogP contribution in [0.15, 0.2) is 53.8 Å². The fourth-order valence-electron chi connectivity index (χ4n) is 4.40. The average Bonchev–Trinajstić information content (AvgIpc) is 3.50. The van der Waals surface area contributed by atoms with Crippen LogP contribution in [0.4, 0.5) is 15.0 Å². The molecule has 5 rings (SSSR count). The molecule has 4 aromatic rings. The Morgan fingerprint density at radius 2 is 1.90 bits per heavy atom. The van der Waals surface area contributed by atoms with Gasteiger partial charge in [0.2, 0.25) is 0 Å². The van der Waals surface area contributed by atoms with E-state index in [0.29, 0.717) is 30.5 Å². The maximum Gasteiger partial charge on any atom is 0.410 e. The molecule has 1 aliphatic heterocycles. The Hall–Kier alpha value is -3.77. The van der Waals surface area contributed by atoms with Crippen molar-refractivity contribution in [2.75, 3.05) is 18.4 Å². The van der Waals surface area contributed by atoms with E-state index in [1.54, 1.807) is 43.9 Å². The molecule has 0 radical (unpaired) electrons. The van der Waals surface area contributed by atoms with E-state index in [4.69, 9.17) is 16.3 Å². The Bertz CT molecular complexity index is 1700. The highest BCUT2D eigenvalue weighted by Gasteiger charge is 2.31. The smallest absolute Gasteiger partial charge is 0.410 e. The molecule has 1 saturated heterocycles. The summed E-state index contributed by atoms with van der Waals surface area (Å²) >= 11 is 6.21. The van der Waals surface area contributed by atoms with Gasteiger partial charge in [-0.2, -0.15) is 0 Å². The zero-order valence-corrected chi connectivity index (χ0v) is 23.9. The van der Waals surface area contributed by atoms with E-state index >= 15 is 0 Å². The predicted octanol–water partition coefficient (Wildman–Crippen LogP) is 5.25. The van der Waals surface area contributed by atoms with Crippen LogP contribution in [0, 0.1) is 12.7 Å². The van der Waals surface area contributed by atoms with Gasteiger partial charge in [0.1, 0.15) is 5.60 Å². The lowest BCUT2D eigenvalue weighted by Gasteiger charge is -2.24. The monoisotopic (exact) mass is 586 g/mol. The highest BCUT2D eigenvalue weighted by molar-refractivity contribution is 7.90. The first-order valence-corrected chi connectivity index (χ1v) is 14.4. The molecule has 1 aromatic carbocycles. The first kappa shape index (κ1) is 27.8. The molecule has 1 fully saturated rings. The number of fused-ring (bicyclic) bond motifs is 1. The summed E-state index contributed by atoms with van der Waals surface area (Å²) < 4.78 is 48.4. The van der Waals surface area contributed by atoms with Gasteiger partial charge in [0.05, 0.1) is 16.1 Å². The Morgan fingerprint density at radius 3 is 2.60 bits per heavy atom. The molecule has 40 heavy (non-hydrogen) atoms. The van der Waals surface area contributed by atoms with E-state index in [2.05, 4.69) is 20.3 Å². The van der Waals surface area contributed by atoms with Gasteiger partial charge in [-0.15, -0.1) is 0 Å². The predicted molar refractivity (Wildman–Crippen MR) is 149 cm³/mol. The summed E-state index contributed by atoms with van der Waals surface area (Å²) in [5.74, 6) is -0.678. The van der Waals surface area contributed by atoms with Crippen molar-refractivity contribution in [1.29, 1.82) is 0 Å². The Kier molecular flexibility index (Phi) is 7.17. The van der Waals surface area contributed by atoms with E-state index in [9.17, 15) is 17.6 Å². The summed E-state index contributed by atoms with van der Waals surface area (Å²) in [6, 6.07) is 7.74. The van der Waals surface area contributed by atoms with E-state index in [1.807, 2.05) is 6.92 Å². The molecule has 210 valence electrons. The number of nitrogens with zero attached hydrogens (tertiary/aromatic N) is 5. The van der Waals surface area contributed by atoms with Crippen molar-refractivity contribution in [3.05, 3.63) is 65.3 Å². The van der Waals surface area contributed by atoms with E-state index in [0.717, 1.165) is 15.7 Å². The number of amides is 1. The molecule has 1 unspecified atom stereocenters. The van der Waals surface area contributed by atoms with Crippen LogP contribution in [0.2, 0.25) is 5.02 Å². The van der Waals surface area contributed by atoms with Gasteiger partial charge >= 0.3 is 6.09 Å². The van der Waals surface area contributed by atoms with E-state index in [1.165, 1.54) is 24.5 Å². The largest absolute Gasteiger partial charge is 0.444 e. The number of pyridine rings is 1.